The second kappa shape index (κ2) is 6.66. The van der Waals surface area contributed by atoms with E-state index in [9.17, 15) is 4.79 Å². The van der Waals surface area contributed by atoms with Crippen molar-refractivity contribution in [3.8, 4) is 0 Å². The monoisotopic (exact) mass is 240 g/mol. The van der Waals surface area contributed by atoms with Gasteiger partial charge < -0.3 is 10.2 Å². The van der Waals surface area contributed by atoms with Gasteiger partial charge >= 0.3 is 0 Å². The van der Waals surface area contributed by atoms with Gasteiger partial charge in [-0.25, -0.2) is 0 Å². The van der Waals surface area contributed by atoms with Crippen LogP contribution in [0.15, 0.2) is 17.5 Å². The zero-order valence-corrected chi connectivity index (χ0v) is 11.0. The van der Waals surface area contributed by atoms with Crippen LogP contribution in [-0.2, 0) is 11.3 Å². The highest BCUT2D eigenvalue weighted by Crippen LogP contribution is 2.08. The summed E-state index contributed by atoms with van der Waals surface area (Å²) >= 11 is 1.71. The topological polar surface area (TPSA) is 32.3 Å². The number of amides is 1. The van der Waals surface area contributed by atoms with Gasteiger partial charge in [0.1, 0.15) is 0 Å². The summed E-state index contributed by atoms with van der Waals surface area (Å²) in [6.07, 6.45) is 0. The van der Waals surface area contributed by atoms with Crippen molar-refractivity contribution in [2.45, 2.75) is 33.4 Å². The second-order valence-electron chi connectivity index (χ2n) is 3.69. The minimum Gasteiger partial charge on any atom is -0.342 e. The van der Waals surface area contributed by atoms with Crippen molar-refractivity contribution < 1.29 is 4.79 Å². The Bertz CT molecular complexity index is 307. The van der Waals surface area contributed by atoms with Gasteiger partial charge in [-0.05, 0) is 32.2 Å². The summed E-state index contributed by atoms with van der Waals surface area (Å²) in [4.78, 5) is 15.0. The van der Waals surface area contributed by atoms with Gasteiger partial charge in [0.25, 0.3) is 0 Å². The molecule has 0 aromatic carbocycles. The lowest BCUT2D eigenvalue weighted by molar-refractivity contribution is -0.132. The minimum atomic E-state index is -0.109. The first kappa shape index (κ1) is 13.2. The predicted molar refractivity (Wildman–Crippen MR) is 68.5 cm³/mol. The molecule has 0 bridgehead atoms. The summed E-state index contributed by atoms with van der Waals surface area (Å²) in [6.45, 7) is 8.27. The van der Waals surface area contributed by atoms with Crippen LogP contribution in [0.1, 0.15) is 25.6 Å². The average Bonchev–Trinajstić information content (AvgIpc) is 2.80. The minimum absolute atomic E-state index is 0.109. The molecule has 1 aromatic heterocycles. The number of carbonyl (C=O) groups is 1. The molecule has 0 radical (unpaired) electrons. The van der Waals surface area contributed by atoms with Crippen molar-refractivity contribution >= 4 is 17.2 Å². The molecule has 0 aliphatic heterocycles. The van der Waals surface area contributed by atoms with Gasteiger partial charge in [0.15, 0.2) is 0 Å². The fourth-order valence-electron chi connectivity index (χ4n) is 1.56. The normalized spacial score (nSPS) is 12.4. The third-order valence-electron chi connectivity index (χ3n) is 2.61. The van der Waals surface area contributed by atoms with Crippen LogP contribution < -0.4 is 5.32 Å². The highest BCUT2D eigenvalue weighted by molar-refractivity contribution is 7.09. The van der Waals surface area contributed by atoms with E-state index in [1.165, 1.54) is 4.88 Å². The molecule has 3 nitrogen and oxygen atoms in total. The summed E-state index contributed by atoms with van der Waals surface area (Å²) in [5, 5.41) is 5.30. The molecule has 0 spiro atoms. The number of nitrogens with one attached hydrogen (secondary N) is 1. The van der Waals surface area contributed by atoms with Crippen LogP contribution in [0.25, 0.3) is 0 Å². The molecule has 1 heterocycles. The van der Waals surface area contributed by atoms with Crippen LogP contribution in [-0.4, -0.2) is 29.9 Å². The zero-order chi connectivity index (χ0) is 12.0. The van der Waals surface area contributed by atoms with Crippen molar-refractivity contribution in [3.05, 3.63) is 22.4 Å². The maximum absolute atomic E-state index is 11.9. The SMILES string of the molecule is CCN(CC)C(=O)C(C)NCc1cccs1. The maximum Gasteiger partial charge on any atom is 0.239 e. The quantitative estimate of drug-likeness (QED) is 0.826. The van der Waals surface area contributed by atoms with E-state index < -0.39 is 0 Å². The largest absolute Gasteiger partial charge is 0.342 e. The Morgan fingerprint density at radius 2 is 2.19 bits per heavy atom. The van der Waals surface area contributed by atoms with Crippen LogP contribution >= 0.6 is 11.3 Å². The predicted octanol–water partition coefficient (Wildman–Crippen LogP) is 2.09. The number of nitrogens with zero attached hydrogens (tertiary/aromatic N) is 1. The Hall–Kier alpha value is -0.870. The molecule has 0 saturated heterocycles. The van der Waals surface area contributed by atoms with E-state index in [-0.39, 0.29) is 11.9 Å². The van der Waals surface area contributed by atoms with E-state index in [2.05, 4.69) is 11.4 Å². The molecule has 1 N–H and O–H groups in total. The second-order valence-corrected chi connectivity index (χ2v) is 4.72. The molecular formula is C12H20N2OS. The lowest BCUT2D eigenvalue weighted by Gasteiger charge is -2.23. The average molecular weight is 240 g/mol. The summed E-state index contributed by atoms with van der Waals surface area (Å²) in [5.41, 5.74) is 0. The molecule has 0 aliphatic rings. The van der Waals surface area contributed by atoms with Gasteiger partial charge in [0, 0.05) is 24.5 Å². The highest BCUT2D eigenvalue weighted by Gasteiger charge is 2.17. The third-order valence-corrected chi connectivity index (χ3v) is 3.48. The van der Waals surface area contributed by atoms with Gasteiger partial charge in [-0.15, -0.1) is 11.3 Å². The highest BCUT2D eigenvalue weighted by atomic mass is 32.1. The molecule has 90 valence electrons. The van der Waals surface area contributed by atoms with Gasteiger partial charge in [-0.2, -0.15) is 0 Å². The van der Waals surface area contributed by atoms with Crippen molar-refractivity contribution in [2.24, 2.45) is 0 Å². The first-order valence-corrected chi connectivity index (χ1v) is 6.61. The number of hydrogen-bond acceptors (Lipinski definition) is 3. The van der Waals surface area contributed by atoms with E-state index in [4.69, 9.17) is 0 Å². The van der Waals surface area contributed by atoms with Crippen molar-refractivity contribution in [1.82, 2.24) is 10.2 Å². The molecule has 1 unspecified atom stereocenters. The van der Waals surface area contributed by atoms with Gasteiger partial charge in [-0.1, -0.05) is 6.07 Å². The van der Waals surface area contributed by atoms with Crippen LogP contribution in [0.4, 0.5) is 0 Å². The fourth-order valence-corrected chi connectivity index (χ4v) is 2.22. The molecule has 1 atom stereocenters. The molecule has 1 amide bonds. The molecule has 4 heteroatoms. The zero-order valence-electron chi connectivity index (χ0n) is 10.2. The number of rotatable bonds is 6. The molecule has 0 aliphatic carbocycles. The molecule has 1 rings (SSSR count). The molecule has 1 aromatic rings. The van der Waals surface area contributed by atoms with Crippen molar-refractivity contribution in [1.29, 1.82) is 0 Å². The van der Waals surface area contributed by atoms with Crippen LogP contribution in [0.5, 0.6) is 0 Å². The molecule has 0 fully saturated rings. The first-order chi connectivity index (χ1) is 7.69. The van der Waals surface area contributed by atoms with Gasteiger partial charge in [0.05, 0.1) is 6.04 Å². The van der Waals surface area contributed by atoms with Crippen LogP contribution in [0, 0.1) is 0 Å². The fraction of sp³-hybridized carbons (Fsp3) is 0.583. The Labute approximate surface area is 101 Å². The third kappa shape index (κ3) is 3.61. The number of likely N-dealkylation sites (N-methyl/N-ethyl adjacent to an activating group) is 1. The molecule has 0 saturated carbocycles. The van der Waals surface area contributed by atoms with E-state index in [1.54, 1.807) is 11.3 Å². The van der Waals surface area contributed by atoms with E-state index in [1.807, 2.05) is 37.1 Å². The molecular weight excluding hydrogens is 220 g/mol. The summed E-state index contributed by atoms with van der Waals surface area (Å²) in [7, 11) is 0. The lowest BCUT2D eigenvalue weighted by atomic mass is 10.2. The number of hydrogen-bond donors (Lipinski definition) is 1. The Morgan fingerprint density at radius 1 is 1.50 bits per heavy atom. The summed E-state index contributed by atoms with van der Waals surface area (Å²) in [6, 6.07) is 3.99. The van der Waals surface area contributed by atoms with Crippen molar-refractivity contribution in [3.63, 3.8) is 0 Å². The van der Waals surface area contributed by atoms with Gasteiger partial charge in [0.2, 0.25) is 5.91 Å². The van der Waals surface area contributed by atoms with E-state index >= 15 is 0 Å². The number of thiophene rings is 1. The smallest absolute Gasteiger partial charge is 0.239 e. The Kier molecular flexibility index (Phi) is 5.49. The van der Waals surface area contributed by atoms with Crippen molar-refractivity contribution in [2.75, 3.05) is 13.1 Å². The first-order valence-electron chi connectivity index (χ1n) is 5.73. The van der Waals surface area contributed by atoms with Gasteiger partial charge in [-0.3, -0.25) is 4.79 Å². The summed E-state index contributed by atoms with van der Waals surface area (Å²) < 4.78 is 0. The summed E-state index contributed by atoms with van der Waals surface area (Å²) in [5.74, 6) is 0.182. The van der Waals surface area contributed by atoms with E-state index in [0.29, 0.717) is 0 Å². The maximum atomic E-state index is 11.9. The number of carbonyl (C=O) groups excluding carboxylic acids is 1. The molecule has 16 heavy (non-hydrogen) atoms. The standard InChI is InChI=1S/C12H20N2OS/c1-4-14(5-2)12(15)10(3)13-9-11-7-6-8-16-11/h6-8,10,13H,4-5,9H2,1-3H3. The van der Waals surface area contributed by atoms with Crippen LogP contribution in [0.3, 0.4) is 0 Å². The Balaban J connectivity index is 2.39. The Morgan fingerprint density at radius 3 is 2.69 bits per heavy atom. The van der Waals surface area contributed by atoms with Crippen LogP contribution in [0.2, 0.25) is 0 Å². The van der Waals surface area contributed by atoms with E-state index in [0.717, 1.165) is 19.6 Å². The lowest BCUT2D eigenvalue weighted by Crippen LogP contribution is -2.44.